The fraction of sp³-hybridized carbons (Fsp3) is 0.400. The number of hydrogen-bond acceptors (Lipinski definition) is 1. The van der Waals surface area contributed by atoms with Crippen LogP contribution in [-0.2, 0) is 12.6 Å². The normalized spacial score (nSPS) is 14.1. The van der Waals surface area contributed by atoms with Crippen molar-refractivity contribution in [2.24, 2.45) is 5.73 Å². The summed E-state index contributed by atoms with van der Waals surface area (Å²) in [5, 5.41) is -0.00546. The fourth-order valence-electron chi connectivity index (χ4n) is 1.25. The molecule has 1 nitrogen and oxygen atoms in total. The molecule has 0 heterocycles. The molecule has 1 aromatic rings. The Kier molecular flexibility index (Phi) is 4.32. The van der Waals surface area contributed by atoms with E-state index in [9.17, 15) is 22.0 Å². The fourth-order valence-corrected chi connectivity index (χ4v) is 1.45. The zero-order valence-corrected chi connectivity index (χ0v) is 9.19. The summed E-state index contributed by atoms with van der Waals surface area (Å²) in [6.45, 7) is 0. The Bertz CT molecular complexity index is 391. The maximum absolute atomic E-state index is 12.4. The lowest BCUT2D eigenvalue weighted by Crippen LogP contribution is -2.31. The Morgan fingerprint density at radius 2 is 1.82 bits per heavy atom. The van der Waals surface area contributed by atoms with Crippen LogP contribution in [0.2, 0.25) is 5.02 Å². The molecule has 0 radical (unpaired) electrons. The van der Waals surface area contributed by atoms with Gasteiger partial charge in [0.25, 0.3) is 6.43 Å². The second kappa shape index (κ2) is 5.18. The first-order valence-corrected chi connectivity index (χ1v) is 4.99. The average molecular weight is 274 g/mol. The Balaban J connectivity index is 2.99. The van der Waals surface area contributed by atoms with Gasteiger partial charge in [-0.25, -0.2) is 8.78 Å². The van der Waals surface area contributed by atoms with E-state index in [2.05, 4.69) is 0 Å². The van der Waals surface area contributed by atoms with Crippen LogP contribution < -0.4 is 5.73 Å². The van der Waals surface area contributed by atoms with Gasteiger partial charge in [0.15, 0.2) is 0 Å². The molecule has 1 rings (SSSR count). The predicted molar refractivity (Wildman–Crippen MR) is 54.1 cm³/mol. The van der Waals surface area contributed by atoms with E-state index < -0.39 is 30.6 Å². The van der Waals surface area contributed by atoms with E-state index in [-0.39, 0.29) is 10.6 Å². The summed E-state index contributed by atoms with van der Waals surface area (Å²) < 4.78 is 61.5. The van der Waals surface area contributed by atoms with Crippen molar-refractivity contribution < 1.29 is 22.0 Å². The molecule has 0 aliphatic rings. The van der Waals surface area contributed by atoms with Gasteiger partial charge in [-0.2, -0.15) is 13.2 Å². The van der Waals surface area contributed by atoms with Crippen molar-refractivity contribution in [3.8, 4) is 0 Å². The third kappa shape index (κ3) is 3.81. The van der Waals surface area contributed by atoms with E-state index >= 15 is 0 Å². The number of alkyl halides is 5. The first-order chi connectivity index (χ1) is 7.71. The molecule has 7 heteroatoms. The maximum atomic E-state index is 12.4. The lowest BCUT2D eigenvalue weighted by atomic mass is 10.0. The molecule has 1 aromatic carbocycles. The van der Waals surface area contributed by atoms with Gasteiger partial charge in [-0.3, -0.25) is 0 Å². The number of hydrogen-bond donors (Lipinski definition) is 1. The Labute approximate surface area is 99.4 Å². The van der Waals surface area contributed by atoms with Crippen molar-refractivity contribution in [1.29, 1.82) is 0 Å². The minimum atomic E-state index is -4.53. The predicted octanol–water partition coefficient (Wildman–Crippen LogP) is 3.49. The molecular formula is C10H9ClF5N. The highest BCUT2D eigenvalue weighted by molar-refractivity contribution is 6.31. The summed E-state index contributed by atoms with van der Waals surface area (Å²) in [5.74, 6) is 0. The van der Waals surface area contributed by atoms with Crippen molar-refractivity contribution in [2.75, 3.05) is 0 Å². The monoisotopic (exact) mass is 273 g/mol. The quantitative estimate of drug-likeness (QED) is 0.838. The van der Waals surface area contributed by atoms with Crippen LogP contribution in [-0.4, -0.2) is 12.5 Å². The topological polar surface area (TPSA) is 26.0 Å². The van der Waals surface area contributed by atoms with E-state index in [1.165, 1.54) is 0 Å². The lowest BCUT2D eigenvalue weighted by Gasteiger charge is -2.14. The molecule has 0 bridgehead atoms. The van der Waals surface area contributed by atoms with Crippen molar-refractivity contribution in [1.82, 2.24) is 0 Å². The molecule has 0 aromatic heterocycles. The molecule has 0 saturated heterocycles. The first kappa shape index (κ1) is 14.2. The van der Waals surface area contributed by atoms with Gasteiger partial charge in [0.05, 0.1) is 11.6 Å². The molecule has 17 heavy (non-hydrogen) atoms. The van der Waals surface area contributed by atoms with E-state index in [0.29, 0.717) is 0 Å². The highest BCUT2D eigenvalue weighted by Crippen LogP contribution is 2.32. The van der Waals surface area contributed by atoms with Gasteiger partial charge >= 0.3 is 6.18 Å². The summed E-state index contributed by atoms with van der Waals surface area (Å²) in [6.07, 6.45) is -7.74. The molecule has 1 unspecified atom stereocenters. The van der Waals surface area contributed by atoms with Crippen molar-refractivity contribution in [3.05, 3.63) is 34.3 Å². The maximum Gasteiger partial charge on any atom is 0.416 e. The lowest BCUT2D eigenvalue weighted by molar-refractivity contribution is -0.137. The number of rotatable bonds is 3. The minimum Gasteiger partial charge on any atom is -0.323 e. The van der Waals surface area contributed by atoms with Crippen molar-refractivity contribution in [2.45, 2.75) is 25.1 Å². The number of nitrogens with two attached hydrogens (primary N) is 1. The third-order valence-electron chi connectivity index (χ3n) is 2.15. The Morgan fingerprint density at radius 1 is 1.24 bits per heavy atom. The van der Waals surface area contributed by atoms with Gasteiger partial charge in [0.1, 0.15) is 0 Å². The van der Waals surface area contributed by atoms with Gasteiger partial charge in [0.2, 0.25) is 0 Å². The van der Waals surface area contributed by atoms with Crippen LogP contribution >= 0.6 is 11.6 Å². The largest absolute Gasteiger partial charge is 0.416 e. The standard InChI is InChI=1S/C10H9ClF5N/c11-7-2-1-6(10(14,15)16)3-5(7)4-8(17)9(12)13/h1-3,8-9H,4,17H2. The van der Waals surface area contributed by atoms with Crippen LogP contribution in [0.3, 0.4) is 0 Å². The summed E-state index contributed by atoms with van der Waals surface area (Å²) in [5.41, 5.74) is 4.12. The molecule has 1 atom stereocenters. The van der Waals surface area contributed by atoms with Crippen LogP contribution in [0.25, 0.3) is 0 Å². The van der Waals surface area contributed by atoms with Crippen LogP contribution in [0.5, 0.6) is 0 Å². The molecule has 0 spiro atoms. The molecular weight excluding hydrogens is 265 g/mol. The molecule has 0 aliphatic heterocycles. The highest BCUT2D eigenvalue weighted by Gasteiger charge is 2.31. The molecule has 0 saturated carbocycles. The average Bonchev–Trinajstić information content (AvgIpc) is 2.19. The summed E-state index contributed by atoms with van der Waals surface area (Å²) in [4.78, 5) is 0. The van der Waals surface area contributed by atoms with Gasteiger partial charge < -0.3 is 5.73 Å². The van der Waals surface area contributed by atoms with Crippen LogP contribution in [0.1, 0.15) is 11.1 Å². The Morgan fingerprint density at radius 3 is 2.29 bits per heavy atom. The SMILES string of the molecule is NC(Cc1cc(C(F)(F)F)ccc1Cl)C(F)F. The highest BCUT2D eigenvalue weighted by atomic mass is 35.5. The van der Waals surface area contributed by atoms with E-state index in [1.807, 2.05) is 0 Å². The van der Waals surface area contributed by atoms with E-state index in [1.54, 1.807) is 0 Å². The van der Waals surface area contributed by atoms with Gasteiger partial charge in [0, 0.05) is 5.02 Å². The number of benzene rings is 1. The minimum absolute atomic E-state index is 0.00546. The Hall–Kier alpha value is -0.880. The first-order valence-electron chi connectivity index (χ1n) is 4.61. The molecule has 96 valence electrons. The van der Waals surface area contributed by atoms with Gasteiger partial charge in [-0.15, -0.1) is 0 Å². The molecule has 0 amide bonds. The number of halogens is 6. The zero-order valence-electron chi connectivity index (χ0n) is 8.44. The van der Waals surface area contributed by atoms with Crippen molar-refractivity contribution in [3.63, 3.8) is 0 Å². The van der Waals surface area contributed by atoms with Crippen LogP contribution in [0.4, 0.5) is 22.0 Å². The summed E-state index contributed by atoms with van der Waals surface area (Å²) in [7, 11) is 0. The van der Waals surface area contributed by atoms with Crippen molar-refractivity contribution >= 4 is 11.6 Å². The molecule has 2 N–H and O–H groups in total. The summed E-state index contributed by atoms with van der Waals surface area (Å²) in [6, 6.07) is 1.03. The smallest absolute Gasteiger partial charge is 0.323 e. The second-order valence-corrected chi connectivity index (χ2v) is 3.91. The third-order valence-corrected chi connectivity index (χ3v) is 2.52. The van der Waals surface area contributed by atoms with E-state index in [4.69, 9.17) is 17.3 Å². The van der Waals surface area contributed by atoms with Crippen LogP contribution in [0, 0.1) is 0 Å². The zero-order chi connectivity index (χ0) is 13.2. The molecule has 0 fully saturated rings. The van der Waals surface area contributed by atoms with Gasteiger partial charge in [-0.05, 0) is 30.2 Å². The molecule has 0 aliphatic carbocycles. The van der Waals surface area contributed by atoms with E-state index in [0.717, 1.165) is 18.2 Å². The van der Waals surface area contributed by atoms with Crippen LogP contribution in [0.15, 0.2) is 18.2 Å². The van der Waals surface area contributed by atoms with Gasteiger partial charge in [-0.1, -0.05) is 11.6 Å². The second-order valence-electron chi connectivity index (χ2n) is 3.51. The summed E-state index contributed by atoms with van der Waals surface area (Å²) >= 11 is 5.63.